The number of rotatable bonds is 3. The van der Waals surface area contributed by atoms with Gasteiger partial charge in [0.25, 0.3) is 5.91 Å². The van der Waals surface area contributed by atoms with Gasteiger partial charge in [-0.15, -0.1) is 0 Å². The van der Waals surface area contributed by atoms with Crippen LogP contribution in [0.2, 0.25) is 0 Å². The van der Waals surface area contributed by atoms with Crippen LogP contribution in [0.5, 0.6) is 0 Å². The second kappa shape index (κ2) is 5.30. The van der Waals surface area contributed by atoms with Crippen LogP contribution >= 0.6 is 15.9 Å². The van der Waals surface area contributed by atoms with Crippen molar-refractivity contribution < 1.29 is 9.90 Å². The predicted octanol–water partition coefficient (Wildman–Crippen LogP) is 1.95. The van der Waals surface area contributed by atoms with Gasteiger partial charge in [0, 0.05) is 11.0 Å². The first-order chi connectivity index (χ1) is 7.90. The summed E-state index contributed by atoms with van der Waals surface area (Å²) in [6, 6.07) is 7.01. The lowest BCUT2D eigenvalue weighted by atomic mass is 10.1. The van der Waals surface area contributed by atoms with E-state index in [0.29, 0.717) is 11.3 Å². The number of amides is 1. The molecule has 5 heteroatoms. The summed E-state index contributed by atoms with van der Waals surface area (Å²) in [6.45, 7) is 3.21. The van der Waals surface area contributed by atoms with Gasteiger partial charge in [-0.2, -0.15) is 5.26 Å². The third-order valence-electron chi connectivity index (χ3n) is 2.35. The molecular formula is C12H13BrN2O2. The van der Waals surface area contributed by atoms with Crippen molar-refractivity contribution >= 4 is 27.5 Å². The molecule has 90 valence electrons. The Morgan fingerprint density at radius 1 is 1.65 bits per heavy atom. The van der Waals surface area contributed by atoms with Gasteiger partial charge in [0.1, 0.15) is 5.60 Å². The summed E-state index contributed by atoms with van der Waals surface area (Å²) in [5.74, 6) is -0.488. The number of halogens is 1. The van der Waals surface area contributed by atoms with Gasteiger partial charge in [0.05, 0.1) is 11.6 Å². The summed E-state index contributed by atoms with van der Waals surface area (Å²) in [4.78, 5) is 11.7. The van der Waals surface area contributed by atoms with Crippen LogP contribution < -0.4 is 5.32 Å². The van der Waals surface area contributed by atoms with Crippen LogP contribution in [0.3, 0.4) is 0 Å². The van der Waals surface area contributed by atoms with Crippen molar-refractivity contribution in [1.82, 2.24) is 0 Å². The lowest BCUT2D eigenvalue weighted by molar-refractivity contribution is -0.130. The molecule has 0 saturated heterocycles. The van der Waals surface area contributed by atoms with Crippen LogP contribution in [0, 0.1) is 18.3 Å². The quantitative estimate of drug-likeness (QED) is 0.838. The highest BCUT2D eigenvalue weighted by molar-refractivity contribution is 9.09. The molecule has 17 heavy (non-hydrogen) atoms. The van der Waals surface area contributed by atoms with Crippen molar-refractivity contribution in [2.45, 2.75) is 19.4 Å². The van der Waals surface area contributed by atoms with Crippen molar-refractivity contribution in [2.75, 3.05) is 10.6 Å². The average Bonchev–Trinajstić information content (AvgIpc) is 2.29. The van der Waals surface area contributed by atoms with Gasteiger partial charge in [0.15, 0.2) is 0 Å². The highest BCUT2D eigenvalue weighted by Crippen LogP contribution is 2.17. The molecule has 0 bridgehead atoms. The second-order valence-electron chi connectivity index (χ2n) is 4.00. The minimum Gasteiger partial charge on any atom is -0.379 e. The molecule has 0 spiro atoms. The summed E-state index contributed by atoms with van der Waals surface area (Å²) >= 11 is 3.07. The molecule has 0 heterocycles. The fourth-order valence-corrected chi connectivity index (χ4v) is 1.45. The lowest BCUT2D eigenvalue weighted by Crippen LogP contribution is -2.41. The molecule has 0 saturated carbocycles. The minimum absolute atomic E-state index is 0.154. The van der Waals surface area contributed by atoms with E-state index in [1.54, 1.807) is 25.1 Å². The first-order valence-corrected chi connectivity index (χ1v) is 6.13. The van der Waals surface area contributed by atoms with Crippen LogP contribution in [0.1, 0.15) is 18.1 Å². The largest absolute Gasteiger partial charge is 0.379 e. The van der Waals surface area contributed by atoms with E-state index >= 15 is 0 Å². The molecule has 1 atom stereocenters. The summed E-state index contributed by atoms with van der Waals surface area (Å²) < 4.78 is 0. The first kappa shape index (κ1) is 13.7. The Bertz CT molecular complexity index is 478. The van der Waals surface area contributed by atoms with Crippen molar-refractivity contribution in [2.24, 2.45) is 0 Å². The zero-order chi connectivity index (χ0) is 13.1. The molecule has 2 N–H and O–H groups in total. The lowest BCUT2D eigenvalue weighted by Gasteiger charge is -2.19. The number of nitrogens with zero attached hydrogens (tertiary/aromatic N) is 1. The van der Waals surface area contributed by atoms with Crippen LogP contribution in [0.4, 0.5) is 5.69 Å². The average molecular weight is 297 g/mol. The molecular weight excluding hydrogens is 284 g/mol. The minimum atomic E-state index is -1.46. The molecule has 0 aromatic heterocycles. The Balaban J connectivity index is 2.88. The summed E-state index contributed by atoms with van der Waals surface area (Å²) in [5, 5.41) is 21.2. The smallest absolute Gasteiger partial charge is 0.256 e. The van der Waals surface area contributed by atoms with Crippen LogP contribution in [0.15, 0.2) is 18.2 Å². The summed E-state index contributed by atoms with van der Waals surface area (Å²) in [5.41, 5.74) is 0.452. The number of carbonyl (C=O) groups is 1. The first-order valence-electron chi connectivity index (χ1n) is 5.01. The number of nitrogens with one attached hydrogen (secondary N) is 1. The standard InChI is InChI=1S/C12H13BrN2O2/c1-8-5-10(4-3-9(8)6-14)15-11(16)12(2,17)7-13/h3-5,17H,7H2,1-2H3,(H,15,16)/t12-/m1/s1. The SMILES string of the molecule is Cc1cc(NC(=O)[C@](C)(O)CBr)ccc1C#N. The van der Waals surface area contributed by atoms with E-state index in [1.165, 1.54) is 6.92 Å². The highest BCUT2D eigenvalue weighted by atomic mass is 79.9. The van der Waals surface area contributed by atoms with Gasteiger partial charge in [-0.05, 0) is 37.6 Å². The van der Waals surface area contributed by atoms with Crippen molar-refractivity contribution in [3.05, 3.63) is 29.3 Å². The number of anilines is 1. The van der Waals surface area contributed by atoms with E-state index in [1.807, 2.05) is 6.07 Å². The highest BCUT2D eigenvalue weighted by Gasteiger charge is 2.28. The maximum atomic E-state index is 11.7. The van der Waals surface area contributed by atoms with E-state index < -0.39 is 11.5 Å². The molecule has 0 unspecified atom stereocenters. The molecule has 1 aromatic carbocycles. The number of alkyl halides is 1. The van der Waals surface area contributed by atoms with Crippen LogP contribution in [0.25, 0.3) is 0 Å². The van der Waals surface area contributed by atoms with Crippen molar-refractivity contribution in [3.63, 3.8) is 0 Å². The zero-order valence-electron chi connectivity index (χ0n) is 9.62. The monoisotopic (exact) mass is 296 g/mol. The Labute approximate surface area is 108 Å². The van der Waals surface area contributed by atoms with Gasteiger partial charge >= 0.3 is 0 Å². The van der Waals surface area contributed by atoms with Gasteiger partial charge < -0.3 is 10.4 Å². The van der Waals surface area contributed by atoms with E-state index in [4.69, 9.17) is 5.26 Å². The molecule has 0 fully saturated rings. The summed E-state index contributed by atoms with van der Waals surface area (Å²) in [6.07, 6.45) is 0. The number of aliphatic hydroxyl groups is 1. The second-order valence-corrected chi connectivity index (χ2v) is 4.56. The molecule has 1 amide bonds. The maximum Gasteiger partial charge on any atom is 0.256 e. The molecule has 0 aliphatic heterocycles. The Morgan fingerprint density at radius 3 is 2.76 bits per heavy atom. The van der Waals surface area contributed by atoms with Gasteiger partial charge in [-0.3, -0.25) is 4.79 Å². The zero-order valence-corrected chi connectivity index (χ0v) is 11.2. The van der Waals surface area contributed by atoms with Crippen molar-refractivity contribution in [1.29, 1.82) is 5.26 Å². The van der Waals surface area contributed by atoms with Gasteiger partial charge in [0.2, 0.25) is 0 Å². The Hall–Kier alpha value is -1.38. The number of benzene rings is 1. The topological polar surface area (TPSA) is 73.1 Å². The number of aryl methyl sites for hydroxylation is 1. The third-order valence-corrected chi connectivity index (χ3v) is 3.45. The molecule has 0 aliphatic rings. The van der Waals surface area contributed by atoms with E-state index in [2.05, 4.69) is 21.2 Å². The Morgan fingerprint density at radius 2 is 2.29 bits per heavy atom. The van der Waals surface area contributed by atoms with Crippen LogP contribution in [-0.2, 0) is 4.79 Å². The predicted molar refractivity (Wildman–Crippen MR) is 68.9 cm³/mol. The normalized spacial score (nSPS) is 13.6. The molecule has 4 nitrogen and oxygen atoms in total. The van der Waals surface area contributed by atoms with Gasteiger partial charge in [-0.25, -0.2) is 0 Å². The summed E-state index contributed by atoms with van der Waals surface area (Å²) in [7, 11) is 0. The van der Waals surface area contributed by atoms with E-state index in [-0.39, 0.29) is 5.33 Å². The Kier molecular flexibility index (Phi) is 4.27. The number of hydrogen-bond acceptors (Lipinski definition) is 3. The van der Waals surface area contributed by atoms with Gasteiger partial charge in [-0.1, -0.05) is 15.9 Å². The number of nitriles is 1. The fraction of sp³-hybridized carbons (Fsp3) is 0.333. The third kappa shape index (κ3) is 3.29. The molecule has 1 rings (SSSR count). The maximum absolute atomic E-state index is 11.7. The molecule has 0 aliphatic carbocycles. The van der Waals surface area contributed by atoms with E-state index in [9.17, 15) is 9.90 Å². The van der Waals surface area contributed by atoms with Crippen molar-refractivity contribution in [3.8, 4) is 6.07 Å². The number of carbonyl (C=O) groups excluding carboxylic acids is 1. The fourth-order valence-electron chi connectivity index (χ4n) is 1.19. The van der Waals surface area contributed by atoms with E-state index in [0.717, 1.165) is 5.56 Å². The van der Waals surface area contributed by atoms with Crippen LogP contribution in [-0.4, -0.2) is 21.9 Å². The molecule has 1 aromatic rings. The molecule has 0 radical (unpaired) electrons. The number of hydrogen-bond donors (Lipinski definition) is 2.